The summed E-state index contributed by atoms with van der Waals surface area (Å²) in [5.41, 5.74) is 3.57. The minimum atomic E-state index is -0.102. The van der Waals surface area contributed by atoms with Crippen LogP contribution >= 0.6 is 0 Å². The Kier molecular flexibility index (Phi) is 4.70. The maximum Gasteiger partial charge on any atom is 0.254 e. The fraction of sp³-hybridized carbons (Fsp3) is 0.364. The molecule has 1 aromatic heterocycles. The molecule has 0 saturated carbocycles. The van der Waals surface area contributed by atoms with Crippen molar-refractivity contribution < 1.29 is 9.53 Å². The van der Waals surface area contributed by atoms with Crippen LogP contribution in [0.1, 0.15) is 41.7 Å². The standard InChI is InChI=1S/C22H25N3O2/c1-14(2)20-12-25(13-21(27-20)16-7-5-4-6-8-16)22(26)17-9-10-18-19(11-17)24-15(3)23-18/h4-11,14,20-21H,12-13H2,1-3H3,(H,23,24)/t20-,21+/m1/s1. The summed E-state index contributed by atoms with van der Waals surface area (Å²) in [6.07, 6.45) is -0.0829. The number of morpholine rings is 1. The van der Waals surface area contributed by atoms with Crippen molar-refractivity contribution in [3.8, 4) is 0 Å². The Hall–Kier alpha value is -2.66. The van der Waals surface area contributed by atoms with Gasteiger partial charge in [-0.2, -0.15) is 0 Å². The van der Waals surface area contributed by atoms with Crippen LogP contribution in [0.2, 0.25) is 0 Å². The van der Waals surface area contributed by atoms with E-state index in [0.717, 1.165) is 22.4 Å². The van der Waals surface area contributed by atoms with Crippen LogP contribution in [0.5, 0.6) is 0 Å². The molecule has 27 heavy (non-hydrogen) atoms. The van der Waals surface area contributed by atoms with E-state index >= 15 is 0 Å². The molecular formula is C22H25N3O2. The smallest absolute Gasteiger partial charge is 0.254 e. The van der Waals surface area contributed by atoms with E-state index in [4.69, 9.17) is 4.74 Å². The maximum atomic E-state index is 13.2. The lowest BCUT2D eigenvalue weighted by Gasteiger charge is -2.40. The molecule has 0 radical (unpaired) electrons. The number of nitrogens with one attached hydrogen (secondary N) is 1. The van der Waals surface area contributed by atoms with Crippen LogP contribution in [-0.2, 0) is 4.74 Å². The SMILES string of the molecule is Cc1nc2ccc(C(=O)N3C[C@@H](c4ccccc4)O[C@@H](C(C)C)C3)cc2[nH]1. The highest BCUT2D eigenvalue weighted by atomic mass is 16.5. The number of hydrogen-bond donors (Lipinski definition) is 1. The number of aromatic nitrogens is 2. The highest BCUT2D eigenvalue weighted by Gasteiger charge is 2.33. The number of hydrogen-bond acceptors (Lipinski definition) is 3. The molecule has 1 aliphatic heterocycles. The van der Waals surface area contributed by atoms with E-state index in [1.165, 1.54) is 0 Å². The molecule has 2 heterocycles. The Morgan fingerprint density at radius 3 is 2.70 bits per heavy atom. The summed E-state index contributed by atoms with van der Waals surface area (Å²) in [5.74, 6) is 1.23. The summed E-state index contributed by atoms with van der Waals surface area (Å²) < 4.78 is 6.31. The van der Waals surface area contributed by atoms with Crippen LogP contribution in [-0.4, -0.2) is 40.0 Å². The van der Waals surface area contributed by atoms with Crippen molar-refractivity contribution in [1.29, 1.82) is 0 Å². The zero-order valence-corrected chi connectivity index (χ0v) is 16.0. The molecule has 5 heteroatoms. The topological polar surface area (TPSA) is 58.2 Å². The lowest BCUT2D eigenvalue weighted by atomic mass is 10.0. The lowest BCUT2D eigenvalue weighted by Crippen LogP contribution is -2.48. The molecule has 2 aromatic carbocycles. The summed E-state index contributed by atoms with van der Waals surface area (Å²) in [7, 11) is 0. The fourth-order valence-electron chi connectivity index (χ4n) is 3.63. The van der Waals surface area contributed by atoms with Gasteiger partial charge in [-0.05, 0) is 36.6 Å². The first-order chi connectivity index (χ1) is 13.0. The number of imidazole rings is 1. The Morgan fingerprint density at radius 2 is 1.96 bits per heavy atom. The molecule has 0 spiro atoms. The van der Waals surface area contributed by atoms with E-state index < -0.39 is 0 Å². The molecule has 0 aliphatic carbocycles. The fourth-order valence-corrected chi connectivity index (χ4v) is 3.63. The summed E-state index contributed by atoms with van der Waals surface area (Å²) in [4.78, 5) is 22.8. The molecule has 1 fully saturated rings. The summed E-state index contributed by atoms with van der Waals surface area (Å²) in [5, 5.41) is 0. The number of aryl methyl sites for hydroxylation is 1. The van der Waals surface area contributed by atoms with E-state index in [0.29, 0.717) is 24.6 Å². The molecule has 4 rings (SSSR count). The number of nitrogens with zero attached hydrogens (tertiary/aromatic N) is 2. The van der Waals surface area contributed by atoms with Crippen molar-refractivity contribution in [1.82, 2.24) is 14.9 Å². The van der Waals surface area contributed by atoms with E-state index in [2.05, 4.69) is 35.9 Å². The molecule has 5 nitrogen and oxygen atoms in total. The molecule has 2 atom stereocenters. The average Bonchev–Trinajstić information content (AvgIpc) is 3.06. The van der Waals surface area contributed by atoms with Crippen LogP contribution < -0.4 is 0 Å². The molecule has 1 saturated heterocycles. The van der Waals surface area contributed by atoms with Crippen LogP contribution in [0.4, 0.5) is 0 Å². The summed E-state index contributed by atoms with van der Waals surface area (Å²) in [6.45, 7) is 7.37. The number of fused-ring (bicyclic) bond motifs is 1. The first-order valence-electron chi connectivity index (χ1n) is 9.47. The summed E-state index contributed by atoms with van der Waals surface area (Å²) in [6, 6.07) is 15.8. The largest absolute Gasteiger partial charge is 0.366 e. The van der Waals surface area contributed by atoms with Crippen LogP contribution in [0, 0.1) is 12.8 Å². The van der Waals surface area contributed by atoms with Gasteiger partial charge in [-0.1, -0.05) is 44.2 Å². The Labute approximate surface area is 159 Å². The minimum absolute atomic E-state index is 0.0195. The normalized spacial score (nSPS) is 20.4. The third-order valence-corrected chi connectivity index (χ3v) is 5.17. The van der Waals surface area contributed by atoms with Crippen LogP contribution in [0.15, 0.2) is 48.5 Å². The van der Waals surface area contributed by atoms with Crippen molar-refractivity contribution in [2.75, 3.05) is 13.1 Å². The van der Waals surface area contributed by atoms with Crippen LogP contribution in [0.3, 0.4) is 0 Å². The van der Waals surface area contributed by atoms with Gasteiger partial charge in [0.15, 0.2) is 0 Å². The highest BCUT2D eigenvalue weighted by Crippen LogP contribution is 2.29. The Morgan fingerprint density at radius 1 is 1.19 bits per heavy atom. The van der Waals surface area contributed by atoms with Crippen molar-refractivity contribution in [3.63, 3.8) is 0 Å². The van der Waals surface area contributed by atoms with Gasteiger partial charge in [-0.3, -0.25) is 4.79 Å². The number of amides is 1. The molecule has 3 aromatic rings. The molecule has 1 aliphatic rings. The number of rotatable bonds is 3. The number of ether oxygens (including phenoxy) is 1. The van der Waals surface area contributed by atoms with Gasteiger partial charge in [-0.15, -0.1) is 0 Å². The third kappa shape index (κ3) is 3.60. The van der Waals surface area contributed by atoms with Gasteiger partial charge in [0.1, 0.15) is 11.9 Å². The monoisotopic (exact) mass is 363 g/mol. The molecule has 1 N–H and O–H groups in total. The van der Waals surface area contributed by atoms with E-state index in [-0.39, 0.29) is 18.1 Å². The molecule has 1 amide bonds. The third-order valence-electron chi connectivity index (χ3n) is 5.17. The number of aromatic amines is 1. The number of benzene rings is 2. The average molecular weight is 363 g/mol. The second-order valence-electron chi connectivity index (χ2n) is 7.58. The predicted octanol–water partition coefficient (Wildman–Crippen LogP) is 4.11. The zero-order valence-electron chi connectivity index (χ0n) is 16.0. The summed E-state index contributed by atoms with van der Waals surface area (Å²) >= 11 is 0. The van der Waals surface area contributed by atoms with Gasteiger partial charge < -0.3 is 14.6 Å². The number of H-pyrrole nitrogens is 1. The lowest BCUT2D eigenvalue weighted by molar-refractivity contribution is -0.0954. The van der Waals surface area contributed by atoms with E-state index in [9.17, 15) is 4.79 Å². The Bertz CT molecular complexity index is 949. The quantitative estimate of drug-likeness (QED) is 0.762. The van der Waals surface area contributed by atoms with Crippen molar-refractivity contribution >= 4 is 16.9 Å². The predicted molar refractivity (Wildman–Crippen MR) is 106 cm³/mol. The molecule has 0 unspecified atom stereocenters. The number of carbonyl (C=O) groups is 1. The first kappa shape index (κ1) is 17.7. The van der Waals surface area contributed by atoms with Crippen molar-refractivity contribution in [2.45, 2.75) is 33.0 Å². The van der Waals surface area contributed by atoms with Gasteiger partial charge in [0.2, 0.25) is 0 Å². The van der Waals surface area contributed by atoms with Crippen molar-refractivity contribution in [3.05, 3.63) is 65.5 Å². The second kappa shape index (κ2) is 7.16. The minimum Gasteiger partial charge on any atom is -0.366 e. The molecule has 140 valence electrons. The second-order valence-corrected chi connectivity index (χ2v) is 7.58. The Balaban J connectivity index is 1.62. The van der Waals surface area contributed by atoms with E-state index in [1.54, 1.807) is 0 Å². The van der Waals surface area contributed by atoms with Gasteiger partial charge in [0.05, 0.1) is 23.7 Å². The van der Waals surface area contributed by atoms with Gasteiger partial charge in [0.25, 0.3) is 5.91 Å². The van der Waals surface area contributed by atoms with Crippen molar-refractivity contribution in [2.24, 2.45) is 5.92 Å². The molecule has 0 bridgehead atoms. The first-order valence-corrected chi connectivity index (χ1v) is 9.47. The highest BCUT2D eigenvalue weighted by molar-refractivity contribution is 5.97. The van der Waals surface area contributed by atoms with Gasteiger partial charge >= 0.3 is 0 Å². The molecular weight excluding hydrogens is 338 g/mol. The van der Waals surface area contributed by atoms with E-state index in [1.807, 2.05) is 48.2 Å². The number of carbonyl (C=O) groups excluding carboxylic acids is 1. The van der Waals surface area contributed by atoms with Crippen LogP contribution in [0.25, 0.3) is 11.0 Å². The zero-order chi connectivity index (χ0) is 19.0. The maximum absolute atomic E-state index is 13.2. The van der Waals surface area contributed by atoms with Gasteiger partial charge in [0, 0.05) is 12.1 Å². The van der Waals surface area contributed by atoms with Gasteiger partial charge in [-0.25, -0.2) is 4.98 Å².